The van der Waals surface area contributed by atoms with Gasteiger partial charge in [-0.05, 0) is 13.0 Å². The minimum atomic E-state index is -0.0117. The van der Waals surface area contributed by atoms with E-state index in [4.69, 9.17) is 11.6 Å². The van der Waals surface area contributed by atoms with E-state index < -0.39 is 0 Å². The molecule has 0 amide bonds. The van der Waals surface area contributed by atoms with E-state index in [1.807, 2.05) is 13.0 Å². The number of rotatable bonds is 1. The molecule has 1 atom stereocenters. The Labute approximate surface area is 79.2 Å². The average Bonchev–Trinajstić information content (AvgIpc) is 2.46. The van der Waals surface area contributed by atoms with Crippen LogP contribution in [0.5, 0.6) is 0 Å². The summed E-state index contributed by atoms with van der Waals surface area (Å²) in [6.07, 6.45) is 3.53. The summed E-state index contributed by atoms with van der Waals surface area (Å²) >= 11 is 7.52. The highest BCUT2D eigenvalue weighted by atomic mass is 35.5. The molecule has 2 aromatic heterocycles. The van der Waals surface area contributed by atoms with Gasteiger partial charge in [0.1, 0.15) is 5.01 Å². The summed E-state index contributed by atoms with van der Waals surface area (Å²) in [5.41, 5.74) is 0.935. The van der Waals surface area contributed by atoms with E-state index in [1.165, 1.54) is 0 Å². The van der Waals surface area contributed by atoms with E-state index in [9.17, 15) is 0 Å². The number of aromatic nitrogens is 2. The van der Waals surface area contributed by atoms with Crippen molar-refractivity contribution >= 4 is 33.2 Å². The zero-order valence-electron chi connectivity index (χ0n) is 6.49. The Hall–Kier alpha value is -0.670. The zero-order chi connectivity index (χ0) is 8.55. The first-order valence-corrected chi connectivity index (χ1v) is 4.87. The van der Waals surface area contributed by atoms with Gasteiger partial charge in [0.05, 0.1) is 21.8 Å². The molecular weight excluding hydrogens is 192 g/mol. The van der Waals surface area contributed by atoms with E-state index in [0.717, 1.165) is 15.2 Å². The molecule has 2 heterocycles. The lowest BCUT2D eigenvalue weighted by Gasteiger charge is -1.91. The summed E-state index contributed by atoms with van der Waals surface area (Å²) < 4.78 is 1.15. The molecule has 12 heavy (non-hydrogen) atoms. The third kappa shape index (κ3) is 1.30. The van der Waals surface area contributed by atoms with Crippen LogP contribution in [0.4, 0.5) is 0 Å². The Bertz CT molecular complexity index is 364. The van der Waals surface area contributed by atoms with E-state index in [1.54, 1.807) is 23.7 Å². The zero-order valence-corrected chi connectivity index (χ0v) is 8.06. The van der Waals surface area contributed by atoms with Crippen molar-refractivity contribution in [3.63, 3.8) is 0 Å². The first-order valence-electron chi connectivity index (χ1n) is 3.62. The number of fused-ring (bicyclic) bond motifs is 1. The molecule has 2 nitrogen and oxygen atoms in total. The van der Waals surface area contributed by atoms with Crippen LogP contribution in [0, 0.1) is 0 Å². The molecule has 1 unspecified atom stereocenters. The first kappa shape index (κ1) is 7.95. The maximum absolute atomic E-state index is 5.90. The maximum Gasteiger partial charge on any atom is 0.112 e. The van der Waals surface area contributed by atoms with Crippen LogP contribution in [0.15, 0.2) is 18.5 Å². The number of hydrogen-bond acceptors (Lipinski definition) is 3. The largest absolute Gasteiger partial charge is 0.262 e. The van der Waals surface area contributed by atoms with Crippen molar-refractivity contribution in [2.75, 3.05) is 0 Å². The Kier molecular flexibility index (Phi) is 1.98. The smallest absolute Gasteiger partial charge is 0.112 e. The van der Waals surface area contributed by atoms with Gasteiger partial charge < -0.3 is 0 Å². The molecule has 2 rings (SSSR count). The minimum absolute atomic E-state index is 0.0117. The van der Waals surface area contributed by atoms with Crippen LogP contribution in [-0.4, -0.2) is 9.97 Å². The van der Waals surface area contributed by atoms with Gasteiger partial charge in [-0.15, -0.1) is 22.9 Å². The van der Waals surface area contributed by atoms with Crippen molar-refractivity contribution in [3.05, 3.63) is 23.5 Å². The number of nitrogens with zero attached hydrogens (tertiary/aromatic N) is 2. The van der Waals surface area contributed by atoms with Gasteiger partial charge >= 0.3 is 0 Å². The van der Waals surface area contributed by atoms with Crippen molar-refractivity contribution in [3.8, 4) is 0 Å². The fourth-order valence-corrected chi connectivity index (χ4v) is 2.01. The number of pyridine rings is 1. The highest BCUT2D eigenvalue weighted by Crippen LogP contribution is 2.28. The van der Waals surface area contributed by atoms with Crippen LogP contribution in [0.25, 0.3) is 10.2 Å². The van der Waals surface area contributed by atoms with E-state index >= 15 is 0 Å². The van der Waals surface area contributed by atoms with Crippen molar-refractivity contribution in [2.24, 2.45) is 0 Å². The van der Waals surface area contributed by atoms with Crippen LogP contribution < -0.4 is 0 Å². The quantitative estimate of drug-likeness (QED) is 0.659. The minimum Gasteiger partial charge on any atom is -0.262 e. The fraction of sp³-hybridized carbons (Fsp3) is 0.250. The predicted molar refractivity (Wildman–Crippen MR) is 51.7 cm³/mol. The summed E-state index contributed by atoms with van der Waals surface area (Å²) in [6, 6.07) is 1.95. The summed E-state index contributed by atoms with van der Waals surface area (Å²) in [5, 5.41) is 0.946. The highest BCUT2D eigenvalue weighted by molar-refractivity contribution is 7.18. The molecule has 62 valence electrons. The summed E-state index contributed by atoms with van der Waals surface area (Å²) in [5.74, 6) is 0. The Morgan fingerprint density at radius 2 is 2.42 bits per heavy atom. The Balaban J connectivity index is 2.62. The lowest BCUT2D eigenvalue weighted by atomic mass is 10.4. The van der Waals surface area contributed by atoms with Gasteiger partial charge in [-0.25, -0.2) is 4.98 Å². The number of halogens is 1. The number of thiazole rings is 1. The second-order valence-corrected chi connectivity index (χ2v) is 4.23. The molecular formula is C8H7ClN2S. The van der Waals surface area contributed by atoms with Crippen LogP contribution in [0.2, 0.25) is 0 Å². The van der Waals surface area contributed by atoms with E-state index in [-0.39, 0.29) is 5.38 Å². The normalized spacial score (nSPS) is 13.5. The van der Waals surface area contributed by atoms with Crippen molar-refractivity contribution in [1.82, 2.24) is 9.97 Å². The lowest BCUT2D eigenvalue weighted by Crippen LogP contribution is -1.79. The third-order valence-electron chi connectivity index (χ3n) is 1.55. The van der Waals surface area contributed by atoms with Gasteiger partial charge in [0.25, 0.3) is 0 Å². The fourth-order valence-electron chi connectivity index (χ4n) is 0.968. The second kappa shape index (κ2) is 2.99. The standard InChI is InChI=1S/C8H7ClN2S/c1-5(9)8-11-6-4-10-3-2-7(6)12-8/h2-5H,1H3. The lowest BCUT2D eigenvalue weighted by molar-refractivity contribution is 1.06. The van der Waals surface area contributed by atoms with Gasteiger partial charge in [0.2, 0.25) is 0 Å². The molecule has 0 aliphatic heterocycles. The molecule has 0 saturated heterocycles. The third-order valence-corrected chi connectivity index (χ3v) is 3.10. The number of alkyl halides is 1. The van der Waals surface area contributed by atoms with E-state index in [2.05, 4.69) is 9.97 Å². The molecule has 0 bridgehead atoms. The van der Waals surface area contributed by atoms with Gasteiger partial charge in [-0.3, -0.25) is 4.98 Å². The maximum atomic E-state index is 5.90. The predicted octanol–water partition coefficient (Wildman–Crippen LogP) is 2.99. The van der Waals surface area contributed by atoms with Crippen LogP contribution >= 0.6 is 22.9 Å². The van der Waals surface area contributed by atoms with Crippen LogP contribution in [0.3, 0.4) is 0 Å². The summed E-state index contributed by atoms with van der Waals surface area (Å²) in [7, 11) is 0. The van der Waals surface area contributed by atoms with Crippen LogP contribution in [0.1, 0.15) is 17.3 Å². The molecule has 0 N–H and O–H groups in total. The van der Waals surface area contributed by atoms with Gasteiger partial charge in [-0.2, -0.15) is 0 Å². The van der Waals surface area contributed by atoms with Crippen LogP contribution in [-0.2, 0) is 0 Å². The highest BCUT2D eigenvalue weighted by Gasteiger charge is 2.07. The second-order valence-electron chi connectivity index (χ2n) is 2.51. The summed E-state index contributed by atoms with van der Waals surface area (Å²) in [6.45, 7) is 1.92. The van der Waals surface area contributed by atoms with Gasteiger partial charge in [-0.1, -0.05) is 0 Å². The Morgan fingerprint density at radius 1 is 1.58 bits per heavy atom. The molecule has 0 aliphatic rings. The van der Waals surface area contributed by atoms with Crippen molar-refractivity contribution < 1.29 is 0 Å². The number of hydrogen-bond donors (Lipinski definition) is 0. The molecule has 0 spiro atoms. The molecule has 4 heteroatoms. The summed E-state index contributed by atoms with van der Waals surface area (Å²) in [4.78, 5) is 8.32. The molecule has 0 aromatic carbocycles. The monoisotopic (exact) mass is 198 g/mol. The molecule has 0 fully saturated rings. The van der Waals surface area contributed by atoms with Gasteiger partial charge in [0, 0.05) is 6.20 Å². The molecule has 0 radical (unpaired) electrons. The van der Waals surface area contributed by atoms with Crippen molar-refractivity contribution in [1.29, 1.82) is 0 Å². The van der Waals surface area contributed by atoms with E-state index in [0.29, 0.717) is 0 Å². The SMILES string of the molecule is CC(Cl)c1nc2cnccc2s1. The molecule has 0 aliphatic carbocycles. The molecule has 2 aromatic rings. The Morgan fingerprint density at radius 3 is 3.08 bits per heavy atom. The van der Waals surface area contributed by atoms with Crippen molar-refractivity contribution in [2.45, 2.75) is 12.3 Å². The topological polar surface area (TPSA) is 25.8 Å². The first-order chi connectivity index (χ1) is 5.77. The average molecular weight is 199 g/mol. The molecule has 0 saturated carbocycles. The van der Waals surface area contributed by atoms with Gasteiger partial charge in [0.15, 0.2) is 0 Å².